The third kappa shape index (κ3) is 3.86. The number of ether oxygens (including phenoxy) is 1. The van der Waals surface area contributed by atoms with Crippen LogP contribution < -0.4 is 5.73 Å². The predicted molar refractivity (Wildman–Crippen MR) is 83.0 cm³/mol. The Balaban J connectivity index is 0.00000200. The van der Waals surface area contributed by atoms with Crippen molar-refractivity contribution in [3.8, 4) is 0 Å². The van der Waals surface area contributed by atoms with Gasteiger partial charge in [0.15, 0.2) is 0 Å². The van der Waals surface area contributed by atoms with E-state index < -0.39 is 0 Å². The van der Waals surface area contributed by atoms with Gasteiger partial charge in [-0.1, -0.05) is 13.3 Å². The number of halogens is 1. The SMILES string of the molecule is CCC1CCCN(C(=O)C2(CN)CCOCC2)CC1.Cl. The van der Waals surface area contributed by atoms with Gasteiger partial charge < -0.3 is 15.4 Å². The lowest BCUT2D eigenvalue weighted by Crippen LogP contribution is -2.51. The standard InChI is InChI=1S/C15H28N2O2.ClH/c1-2-13-4-3-8-17(9-5-13)14(18)15(12-16)6-10-19-11-7-15;/h13H,2-12,16H2,1H3;1H. The molecule has 0 saturated carbocycles. The zero-order valence-corrected chi connectivity index (χ0v) is 13.4. The van der Waals surface area contributed by atoms with E-state index in [9.17, 15) is 4.79 Å². The van der Waals surface area contributed by atoms with Crippen LogP contribution in [0.4, 0.5) is 0 Å². The summed E-state index contributed by atoms with van der Waals surface area (Å²) < 4.78 is 5.40. The molecule has 0 aromatic rings. The predicted octanol–water partition coefficient (Wildman–Crippen LogP) is 2.20. The smallest absolute Gasteiger partial charge is 0.230 e. The number of rotatable bonds is 3. The van der Waals surface area contributed by atoms with Crippen molar-refractivity contribution >= 4 is 18.3 Å². The molecular weight excluding hydrogens is 276 g/mol. The van der Waals surface area contributed by atoms with Gasteiger partial charge in [-0.3, -0.25) is 4.79 Å². The molecule has 2 saturated heterocycles. The second kappa shape index (κ2) is 8.20. The zero-order valence-electron chi connectivity index (χ0n) is 12.6. The Labute approximate surface area is 128 Å². The van der Waals surface area contributed by atoms with Crippen molar-refractivity contribution in [1.82, 2.24) is 4.90 Å². The molecule has 4 nitrogen and oxygen atoms in total. The van der Waals surface area contributed by atoms with E-state index in [2.05, 4.69) is 11.8 Å². The lowest BCUT2D eigenvalue weighted by Gasteiger charge is -2.38. The van der Waals surface area contributed by atoms with E-state index in [1.54, 1.807) is 0 Å². The van der Waals surface area contributed by atoms with E-state index in [1.807, 2.05) is 0 Å². The van der Waals surface area contributed by atoms with Crippen molar-refractivity contribution in [3.63, 3.8) is 0 Å². The monoisotopic (exact) mass is 304 g/mol. The minimum Gasteiger partial charge on any atom is -0.381 e. The number of carbonyl (C=O) groups is 1. The first-order chi connectivity index (χ1) is 9.22. The maximum absolute atomic E-state index is 12.8. The highest BCUT2D eigenvalue weighted by atomic mass is 35.5. The van der Waals surface area contributed by atoms with Gasteiger partial charge in [-0.15, -0.1) is 12.4 Å². The van der Waals surface area contributed by atoms with Crippen LogP contribution >= 0.6 is 12.4 Å². The first-order valence-electron chi connectivity index (χ1n) is 7.79. The third-order valence-corrected chi connectivity index (χ3v) is 5.01. The Bertz CT molecular complexity index is 306. The van der Waals surface area contributed by atoms with Gasteiger partial charge in [-0.05, 0) is 38.0 Å². The lowest BCUT2D eigenvalue weighted by atomic mass is 9.79. The number of hydrogen-bond donors (Lipinski definition) is 1. The molecule has 118 valence electrons. The van der Waals surface area contributed by atoms with E-state index >= 15 is 0 Å². The van der Waals surface area contributed by atoms with Crippen LogP contribution in [0.25, 0.3) is 0 Å². The minimum absolute atomic E-state index is 0. The van der Waals surface area contributed by atoms with Gasteiger partial charge in [0.1, 0.15) is 0 Å². The molecule has 0 aromatic heterocycles. The molecule has 0 radical (unpaired) electrons. The molecule has 2 aliphatic heterocycles. The van der Waals surface area contributed by atoms with Gasteiger partial charge in [0.05, 0.1) is 5.41 Å². The molecule has 1 amide bonds. The van der Waals surface area contributed by atoms with Gasteiger partial charge in [0.2, 0.25) is 5.91 Å². The molecule has 1 atom stereocenters. The Kier molecular flexibility index (Phi) is 7.27. The number of carbonyl (C=O) groups excluding carboxylic acids is 1. The van der Waals surface area contributed by atoms with Crippen molar-refractivity contribution in [1.29, 1.82) is 0 Å². The summed E-state index contributed by atoms with van der Waals surface area (Å²) in [6, 6.07) is 0. The summed E-state index contributed by atoms with van der Waals surface area (Å²) in [5.41, 5.74) is 5.59. The normalized spacial score (nSPS) is 26.5. The topological polar surface area (TPSA) is 55.6 Å². The fourth-order valence-electron chi connectivity index (χ4n) is 3.38. The van der Waals surface area contributed by atoms with Gasteiger partial charge in [-0.2, -0.15) is 0 Å². The molecule has 2 N–H and O–H groups in total. The summed E-state index contributed by atoms with van der Waals surface area (Å²) in [6.45, 7) is 5.89. The highest BCUT2D eigenvalue weighted by molar-refractivity contribution is 5.85. The van der Waals surface area contributed by atoms with E-state index in [-0.39, 0.29) is 23.7 Å². The zero-order chi connectivity index (χ0) is 13.7. The van der Waals surface area contributed by atoms with Gasteiger partial charge in [-0.25, -0.2) is 0 Å². The molecule has 0 spiro atoms. The lowest BCUT2D eigenvalue weighted by molar-refractivity contribution is -0.147. The Hall–Kier alpha value is -0.320. The fourth-order valence-corrected chi connectivity index (χ4v) is 3.38. The first-order valence-corrected chi connectivity index (χ1v) is 7.79. The van der Waals surface area contributed by atoms with Crippen LogP contribution in [-0.4, -0.2) is 43.7 Å². The van der Waals surface area contributed by atoms with Crippen molar-refractivity contribution < 1.29 is 9.53 Å². The van der Waals surface area contributed by atoms with Crippen molar-refractivity contribution in [2.75, 3.05) is 32.8 Å². The number of nitrogens with two attached hydrogens (primary N) is 1. The average molecular weight is 305 g/mol. The van der Waals surface area contributed by atoms with Crippen molar-refractivity contribution in [2.45, 2.75) is 45.4 Å². The quantitative estimate of drug-likeness (QED) is 0.869. The van der Waals surface area contributed by atoms with Crippen molar-refractivity contribution in [3.05, 3.63) is 0 Å². The molecule has 5 heteroatoms. The maximum Gasteiger partial charge on any atom is 0.230 e. The van der Waals surface area contributed by atoms with E-state index in [0.717, 1.165) is 44.7 Å². The molecule has 0 aliphatic carbocycles. The molecule has 2 heterocycles. The van der Waals surface area contributed by atoms with Crippen LogP contribution in [0, 0.1) is 11.3 Å². The van der Waals surface area contributed by atoms with Crippen LogP contribution in [0.1, 0.15) is 45.4 Å². The van der Waals surface area contributed by atoms with Gasteiger partial charge >= 0.3 is 0 Å². The second-order valence-electron chi connectivity index (χ2n) is 6.09. The third-order valence-electron chi connectivity index (χ3n) is 5.01. The first kappa shape index (κ1) is 17.7. The molecule has 1 unspecified atom stereocenters. The Morgan fingerprint density at radius 3 is 2.60 bits per heavy atom. The summed E-state index contributed by atoms with van der Waals surface area (Å²) >= 11 is 0. The second-order valence-corrected chi connectivity index (χ2v) is 6.09. The minimum atomic E-state index is -0.343. The highest BCUT2D eigenvalue weighted by Crippen LogP contribution is 2.33. The fraction of sp³-hybridized carbons (Fsp3) is 0.933. The average Bonchev–Trinajstić information content (AvgIpc) is 2.72. The van der Waals surface area contributed by atoms with E-state index in [4.69, 9.17) is 10.5 Å². The van der Waals surface area contributed by atoms with Crippen LogP contribution in [0.15, 0.2) is 0 Å². The molecule has 2 aliphatic rings. The molecule has 0 aromatic carbocycles. The summed E-state index contributed by atoms with van der Waals surface area (Å²) in [7, 11) is 0. The summed E-state index contributed by atoms with van der Waals surface area (Å²) in [4.78, 5) is 14.9. The number of amides is 1. The van der Waals surface area contributed by atoms with Gasteiger partial charge in [0, 0.05) is 32.8 Å². The van der Waals surface area contributed by atoms with E-state index in [0.29, 0.717) is 19.8 Å². The molecule has 2 rings (SSSR count). The largest absolute Gasteiger partial charge is 0.381 e. The number of nitrogens with zero attached hydrogens (tertiary/aromatic N) is 1. The van der Waals surface area contributed by atoms with Gasteiger partial charge in [0.25, 0.3) is 0 Å². The number of hydrogen-bond acceptors (Lipinski definition) is 3. The molecule has 0 bridgehead atoms. The Morgan fingerprint density at radius 2 is 2.00 bits per heavy atom. The van der Waals surface area contributed by atoms with Crippen LogP contribution in [0.5, 0.6) is 0 Å². The highest BCUT2D eigenvalue weighted by Gasteiger charge is 2.41. The van der Waals surface area contributed by atoms with Crippen LogP contribution in [0.2, 0.25) is 0 Å². The Morgan fingerprint density at radius 1 is 1.30 bits per heavy atom. The van der Waals surface area contributed by atoms with Crippen molar-refractivity contribution in [2.24, 2.45) is 17.1 Å². The summed E-state index contributed by atoms with van der Waals surface area (Å²) in [6.07, 6.45) is 6.36. The molecule has 2 fully saturated rings. The van der Waals surface area contributed by atoms with Crippen LogP contribution in [0.3, 0.4) is 0 Å². The van der Waals surface area contributed by atoms with Crippen LogP contribution in [-0.2, 0) is 9.53 Å². The molecular formula is C15H29ClN2O2. The maximum atomic E-state index is 12.8. The summed E-state index contributed by atoms with van der Waals surface area (Å²) in [5.74, 6) is 1.08. The summed E-state index contributed by atoms with van der Waals surface area (Å²) in [5, 5.41) is 0. The molecule has 20 heavy (non-hydrogen) atoms. The number of likely N-dealkylation sites (tertiary alicyclic amines) is 1. The van der Waals surface area contributed by atoms with E-state index in [1.165, 1.54) is 12.8 Å².